The van der Waals surface area contributed by atoms with Crippen molar-refractivity contribution < 1.29 is 14.3 Å². The van der Waals surface area contributed by atoms with E-state index >= 15 is 0 Å². The molecule has 1 aliphatic heterocycles. The number of rotatable bonds is 2. The molecule has 4 heteroatoms. The molecule has 0 spiro atoms. The van der Waals surface area contributed by atoms with E-state index in [1.165, 1.54) is 7.11 Å². The number of ether oxygens (including phenoxy) is 2. The van der Waals surface area contributed by atoms with Crippen LogP contribution < -0.4 is 0 Å². The summed E-state index contributed by atoms with van der Waals surface area (Å²) in [7, 11) is 1.35. The van der Waals surface area contributed by atoms with Crippen LogP contribution in [-0.4, -0.2) is 24.2 Å². The Bertz CT molecular complexity index is 312. The van der Waals surface area contributed by atoms with Crippen LogP contribution in [-0.2, 0) is 14.3 Å². The Morgan fingerprint density at radius 1 is 1.54 bits per heavy atom. The van der Waals surface area contributed by atoms with Gasteiger partial charge in [-0.3, -0.25) is 4.98 Å². The fourth-order valence-corrected chi connectivity index (χ4v) is 1.21. The zero-order valence-electron chi connectivity index (χ0n) is 7.14. The number of hydrogen-bond acceptors (Lipinski definition) is 4. The predicted molar refractivity (Wildman–Crippen MR) is 43.9 cm³/mol. The van der Waals surface area contributed by atoms with Gasteiger partial charge in [0, 0.05) is 12.4 Å². The monoisotopic (exact) mass is 179 g/mol. The molecule has 1 aromatic heterocycles. The van der Waals surface area contributed by atoms with Crippen LogP contribution >= 0.6 is 0 Å². The van der Waals surface area contributed by atoms with Crippen molar-refractivity contribution in [1.82, 2.24) is 4.98 Å². The fraction of sp³-hybridized carbons (Fsp3) is 0.333. The van der Waals surface area contributed by atoms with Crippen molar-refractivity contribution in [2.45, 2.75) is 12.2 Å². The van der Waals surface area contributed by atoms with Gasteiger partial charge in [0.1, 0.15) is 6.10 Å². The molecular weight excluding hydrogens is 170 g/mol. The van der Waals surface area contributed by atoms with Crippen molar-refractivity contribution in [2.24, 2.45) is 0 Å². The van der Waals surface area contributed by atoms with Gasteiger partial charge in [-0.05, 0) is 17.7 Å². The molecule has 1 aliphatic rings. The zero-order chi connectivity index (χ0) is 9.26. The summed E-state index contributed by atoms with van der Waals surface area (Å²) < 4.78 is 9.70. The third-order valence-corrected chi connectivity index (χ3v) is 1.96. The number of esters is 1. The van der Waals surface area contributed by atoms with Crippen LogP contribution in [0.4, 0.5) is 0 Å². The fourth-order valence-electron chi connectivity index (χ4n) is 1.21. The van der Waals surface area contributed by atoms with Crippen LogP contribution in [0.25, 0.3) is 0 Å². The number of methoxy groups -OCH3 is 1. The van der Waals surface area contributed by atoms with Gasteiger partial charge < -0.3 is 9.47 Å². The molecule has 0 N–H and O–H groups in total. The Hall–Kier alpha value is -1.42. The molecule has 0 bridgehead atoms. The topological polar surface area (TPSA) is 51.7 Å². The minimum Gasteiger partial charge on any atom is -0.467 e. The molecule has 0 radical (unpaired) electrons. The average molecular weight is 179 g/mol. The largest absolute Gasteiger partial charge is 0.467 e. The maximum atomic E-state index is 11.0. The lowest BCUT2D eigenvalue weighted by Gasteiger charge is -1.93. The minimum atomic E-state index is -0.424. The first-order chi connectivity index (χ1) is 6.33. The number of aromatic nitrogens is 1. The smallest absolute Gasteiger partial charge is 0.338 e. The van der Waals surface area contributed by atoms with Gasteiger partial charge in [0.2, 0.25) is 0 Å². The molecule has 0 amide bonds. The molecule has 0 aliphatic carbocycles. The number of epoxide rings is 1. The molecule has 13 heavy (non-hydrogen) atoms. The second kappa shape index (κ2) is 3.14. The van der Waals surface area contributed by atoms with E-state index in [0.717, 1.165) is 5.56 Å². The van der Waals surface area contributed by atoms with Crippen LogP contribution in [0.15, 0.2) is 24.5 Å². The van der Waals surface area contributed by atoms with Crippen molar-refractivity contribution in [2.75, 3.05) is 7.11 Å². The quantitative estimate of drug-likeness (QED) is 0.495. The van der Waals surface area contributed by atoms with E-state index in [1.807, 2.05) is 12.1 Å². The highest BCUT2D eigenvalue weighted by Gasteiger charge is 2.47. The molecule has 1 saturated heterocycles. The molecule has 2 atom stereocenters. The lowest BCUT2D eigenvalue weighted by Crippen LogP contribution is -2.09. The summed E-state index contributed by atoms with van der Waals surface area (Å²) in [6.45, 7) is 0. The molecule has 1 aromatic rings. The van der Waals surface area contributed by atoms with Gasteiger partial charge >= 0.3 is 5.97 Å². The minimum absolute atomic E-state index is 0.143. The molecule has 2 unspecified atom stereocenters. The lowest BCUT2D eigenvalue weighted by molar-refractivity contribution is -0.142. The van der Waals surface area contributed by atoms with E-state index in [0.29, 0.717) is 0 Å². The van der Waals surface area contributed by atoms with Crippen LogP contribution in [0, 0.1) is 0 Å². The van der Waals surface area contributed by atoms with Crippen molar-refractivity contribution >= 4 is 5.97 Å². The van der Waals surface area contributed by atoms with Crippen LogP contribution in [0.2, 0.25) is 0 Å². The summed E-state index contributed by atoms with van der Waals surface area (Å²) in [5.74, 6) is -0.318. The average Bonchev–Trinajstić information content (AvgIpc) is 2.98. The molecule has 0 aromatic carbocycles. The van der Waals surface area contributed by atoms with Crippen molar-refractivity contribution in [3.8, 4) is 0 Å². The highest BCUT2D eigenvalue weighted by molar-refractivity contribution is 5.78. The van der Waals surface area contributed by atoms with Crippen LogP contribution in [0.1, 0.15) is 11.7 Å². The normalized spacial score (nSPS) is 25.3. The van der Waals surface area contributed by atoms with Crippen LogP contribution in [0.3, 0.4) is 0 Å². The Balaban J connectivity index is 2.04. The number of hydrogen-bond donors (Lipinski definition) is 0. The van der Waals surface area contributed by atoms with Gasteiger partial charge in [-0.2, -0.15) is 0 Å². The summed E-state index contributed by atoms with van der Waals surface area (Å²) in [5, 5.41) is 0. The SMILES string of the molecule is COC(=O)C1OC1c1ccncc1. The van der Waals surface area contributed by atoms with Gasteiger partial charge in [0.05, 0.1) is 7.11 Å². The van der Waals surface area contributed by atoms with E-state index in [4.69, 9.17) is 4.74 Å². The van der Waals surface area contributed by atoms with Crippen LogP contribution in [0.5, 0.6) is 0 Å². The van der Waals surface area contributed by atoms with E-state index in [2.05, 4.69) is 9.72 Å². The highest BCUT2D eigenvalue weighted by atomic mass is 16.6. The number of nitrogens with zero attached hydrogens (tertiary/aromatic N) is 1. The van der Waals surface area contributed by atoms with E-state index in [9.17, 15) is 4.79 Å². The van der Waals surface area contributed by atoms with Crippen molar-refractivity contribution in [3.05, 3.63) is 30.1 Å². The Kier molecular flexibility index (Phi) is 1.98. The Morgan fingerprint density at radius 3 is 2.85 bits per heavy atom. The Labute approximate surface area is 75.5 Å². The molecule has 2 heterocycles. The first-order valence-electron chi connectivity index (χ1n) is 3.96. The number of pyridine rings is 1. The summed E-state index contributed by atoms with van der Waals surface area (Å²) in [6.07, 6.45) is 2.78. The standard InChI is InChI=1S/C9H9NO3/c1-12-9(11)8-7(13-8)6-2-4-10-5-3-6/h2-5,7-8H,1H3. The van der Waals surface area contributed by atoms with Gasteiger partial charge in [-0.25, -0.2) is 4.79 Å². The van der Waals surface area contributed by atoms with Crippen molar-refractivity contribution in [3.63, 3.8) is 0 Å². The summed E-state index contributed by atoms with van der Waals surface area (Å²) in [6, 6.07) is 3.65. The second-order valence-corrected chi connectivity index (χ2v) is 2.78. The number of carbonyl (C=O) groups is 1. The first kappa shape index (κ1) is 8.19. The molecular formula is C9H9NO3. The zero-order valence-corrected chi connectivity index (χ0v) is 7.14. The Morgan fingerprint density at radius 2 is 2.23 bits per heavy atom. The van der Waals surface area contributed by atoms with E-state index in [-0.39, 0.29) is 12.1 Å². The predicted octanol–water partition coefficient (Wildman–Crippen LogP) is 0.694. The third kappa shape index (κ3) is 1.53. The highest BCUT2D eigenvalue weighted by Crippen LogP contribution is 2.38. The maximum absolute atomic E-state index is 11.0. The molecule has 1 fully saturated rings. The van der Waals surface area contributed by atoms with Gasteiger partial charge in [0.15, 0.2) is 6.10 Å². The molecule has 4 nitrogen and oxygen atoms in total. The third-order valence-electron chi connectivity index (χ3n) is 1.96. The summed E-state index contributed by atoms with van der Waals surface area (Å²) >= 11 is 0. The van der Waals surface area contributed by atoms with E-state index < -0.39 is 6.10 Å². The second-order valence-electron chi connectivity index (χ2n) is 2.78. The van der Waals surface area contributed by atoms with E-state index in [1.54, 1.807) is 12.4 Å². The molecule has 68 valence electrons. The number of carbonyl (C=O) groups excluding carboxylic acids is 1. The van der Waals surface area contributed by atoms with Crippen molar-refractivity contribution in [1.29, 1.82) is 0 Å². The summed E-state index contributed by atoms with van der Waals surface area (Å²) in [4.78, 5) is 14.9. The summed E-state index contributed by atoms with van der Waals surface area (Å²) in [5.41, 5.74) is 0.963. The molecule has 2 rings (SSSR count). The van der Waals surface area contributed by atoms with Gasteiger partial charge in [0.25, 0.3) is 0 Å². The lowest BCUT2D eigenvalue weighted by atomic mass is 10.1. The molecule has 0 saturated carbocycles. The maximum Gasteiger partial charge on any atom is 0.338 e. The van der Waals surface area contributed by atoms with Gasteiger partial charge in [-0.15, -0.1) is 0 Å². The first-order valence-corrected chi connectivity index (χ1v) is 3.96. The van der Waals surface area contributed by atoms with Gasteiger partial charge in [-0.1, -0.05) is 0 Å².